The van der Waals surface area contributed by atoms with Crippen LogP contribution in [0.15, 0.2) is 34.9 Å². The van der Waals surface area contributed by atoms with E-state index in [1.807, 2.05) is 10.6 Å². The number of aryl methyl sites for hydroxylation is 2. The van der Waals surface area contributed by atoms with Crippen molar-refractivity contribution in [3.8, 4) is 5.69 Å². The summed E-state index contributed by atoms with van der Waals surface area (Å²) in [4.78, 5) is 9.05. The molecule has 102 valence electrons. The molecule has 5 heteroatoms. The maximum Gasteiger partial charge on any atom is 0.164 e. The first-order valence-electron chi connectivity index (χ1n) is 6.26. The third-order valence-corrected chi connectivity index (χ3v) is 3.79. The molecule has 0 aliphatic rings. The van der Waals surface area contributed by atoms with Gasteiger partial charge in [0, 0.05) is 16.4 Å². The van der Waals surface area contributed by atoms with Gasteiger partial charge in [0.15, 0.2) is 5.65 Å². The lowest BCUT2D eigenvalue weighted by Gasteiger charge is -2.09. The van der Waals surface area contributed by atoms with Crippen LogP contribution in [0.25, 0.3) is 16.9 Å². The van der Waals surface area contributed by atoms with Crippen LogP contribution in [0.5, 0.6) is 0 Å². The van der Waals surface area contributed by atoms with E-state index in [1.165, 1.54) is 11.1 Å². The number of halogens is 2. The first-order chi connectivity index (χ1) is 9.58. The SMILES string of the molecule is Cc1cc(C)cc(-n2c(CCl)nc3cc(Br)cnc32)c1. The van der Waals surface area contributed by atoms with Crippen molar-refractivity contribution in [2.45, 2.75) is 19.7 Å². The molecule has 2 heterocycles. The molecule has 3 nitrogen and oxygen atoms in total. The lowest BCUT2D eigenvalue weighted by molar-refractivity contribution is 0.966. The molecule has 0 saturated carbocycles. The molecular formula is C15H13BrClN3. The first-order valence-corrected chi connectivity index (χ1v) is 7.59. The summed E-state index contributed by atoms with van der Waals surface area (Å²) in [6.45, 7) is 4.17. The minimum Gasteiger partial charge on any atom is -0.280 e. The van der Waals surface area contributed by atoms with Crippen LogP contribution in [-0.4, -0.2) is 14.5 Å². The average Bonchev–Trinajstić information content (AvgIpc) is 2.74. The van der Waals surface area contributed by atoms with E-state index in [-0.39, 0.29) is 0 Å². The van der Waals surface area contributed by atoms with Gasteiger partial charge in [0.25, 0.3) is 0 Å². The van der Waals surface area contributed by atoms with Gasteiger partial charge in [-0.15, -0.1) is 11.6 Å². The minimum absolute atomic E-state index is 0.348. The van der Waals surface area contributed by atoms with E-state index in [2.05, 4.69) is 57.9 Å². The van der Waals surface area contributed by atoms with Gasteiger partial charge in [-0.2, -0.15) is 0 Å². The molecular weight excluding hydrogens is 338 g/mol. The largest absolute Gasteiger partial charge is 0.280 e. The number of hydrogen-bond donors (Lipinski definition) is 0. The van der Waals surface area contributed by atoms with Crippen molar-refractivity contribution in [3.05, 3.63) is 51.9 Å². The number of hydrogen-bond acceptors (Lipinski definition) is 2. The van der Waals surface area contributed by atoms with Crippen LogP contribution in [0.4, 0.5) is 0 Å². The summed E-state index contributed by atoms with van der Waals surface area (Å²) in [5, 5.41) is 0. The third kappa shape index (κ3) is 2.34. The van der Waals surface area contributed by atoms with Crippen molar-refractivity contribution in [1.82, 2.24) is 14.5 Å². The van der Waals surface area contributed by atoms with E-state index in [9.17, 15) is 0 Å². The fourth-order valence-electron chi connectivity index (χ4n) is 2.43. The number of rotatable bonds is 2. The lowest BCUT2D eigenvalue weighted by atomic mass is 10.1. The number of fused-ring (bicyclic) bond motifs is 1. The highest BCUT2D eigenvalue weighted by Crippen LogP contribution is 2.24. The van der Waals surface area contributed by atoms with Gasteiger partial charge < -0.3 is 0 Å². The summed E-state index contributed by atoms with van der Waals surface area (Å²) in [5.41, 5.74) is 5.14. The van der Waals surface area contributed by atoms with Crippen LogP contribution in [0.1, 0.15) is 17.0 Å². The molecule has 0 amide bonds. The highest BCUT2D eigenvalue weighted by Gasteiger charge is 2.13. The Balaban J connectivity index is 2.33. The minimum atomic E-state index is 0.348. The number of nitrogens with zero attached hydrogens (tertiary/aromatic N) is 3. The van der Waals surface area contributed by atoms with Gasteiger partial charge in [-0.05, 0) is 59.1 Å². The number of imidazole rings is 1. The summed E-state index contributed by atoms with van der Waals surface area (Å²) in [7, 11) is 0. The number of benzene rings is 1. The fourth-order valence-corrected chi connectivity index (χ4v) is 2.93. The maximum atomic E-state index is 6.05. The Morgan fingerprint density at radius 3 is 2.50 bits per heavy atom. The summed E-state index contributed by atoms with van der Waals surface area (Å²) < 4.78 is 2.94. The van der Waals surface area contributed by atoms with E-state index in [1.54, 1.807) is 6.20 Å². The van der Waals surface area contributed by atoms with Crippen LogP contribution in [0.3, 0.4) is 0 Å². The molecule has 0 fully saturated rings. The van der Waals surface area contributed by atoms with Crippen molar-refractivity contribution >= 4 is 38.7 Å². The fraction of sp³-hybridized carbons (Fsp3) is 0.200. The highest BCUT2D eigenvalue weighted by atomic mass is 79.9. The second kappa shape index (κ2) is 5.19. The lowest BCUT2D eigenvalue weighted by Crippen LogP contribution is -2.01. The second-order valence-corrected chi connectivity index (χ2v) is 6.02. The van der Waals surface area contributed by atoms with Crippen molar-refractivity contribution in [1.29, 1.82) is 0 Å². The number of pyridine rings is 1. The third-order valence-electron chi connectivity index (χ3n) is 3.12. The smallest absolute Gasteiger partial charge is 0.164 e. The summed E-state index contributed by atoms with van der Waals surface area (Å²) >= 11 is 9.47. The van der Waals surface area contributed by atoms with Gasteiger partial charge in [0.2, 0.25) is 0 Å². The Labute approximate surface area is 130 Å². The molecule has 20 heavy (non-hydrogen) atoms. The second-order valence-electron chi connectivity index (χ2n) is 4.84. The predicted octanol–water partition coefficient (Wildman–Crippen LogP) is 4.54. The van der Waals surface area contributed by atoms with Gasteiger partial charge in [-0.25, -0.2) is 9.97 Å². The van der Waals surface area contributed by atoms with E-state index < -0.39 is 0 Å². The van der Waals surface area contributed by atoms with Crippen molar-refractivity contribution in [2.24, 2.45) is 0 Å². The summed E-state index contributed by atoms with van der Waals surface area (Å²) in [5.74, 6) is 1.15. The van der Waals surface area contributed by atoms with Gasteiger partial charge in [0.1, 0.15) is 11.3 Å². The van der Waals surface area contributed by atoms with Gasteiger partial charge in [-0.3, -0.25) is 4.57 Å². The molecule has 0 N–H and O–H groups in total. The average molecular weight is 351 g/mol. The molecule has 0 bridgehead atoms. The Morgan fingerprint density at radius 1 is 1.15 bits per heavy atom. The van der Waals surface area contributed by atoms with Crippen molar-refractivity contribution in [2.75, 3.05) is 0 Å². The van der Waals surface area contributed by atoms with Gasteiger partial charge in [0.05, 0.1) is 5.88 Å². The normalized spacial score (nSPS) is 11.2. The topological polar surface area (TPSA) is 30.7 Å². The predicted molar refractivity (Wildman–Crippen MR) is 85.6 cm³/mol. The Hall–Kier alpha value is -1.39. The zero-order valence-corrected chi connectivity index (χ0v) is 13.5. The molecule has 1 aromatic carbocycles. The van der Waals surface area contributed by atoms with Crippen LogP contribution in [0.2, 0.25) is 0 Å². The van der Waals surface area contributed by atoms with Crippen molar-refractivity contribution in [3.63, 3.8) is 0 Å². The standard InChI is InChI=1S/C15H13BrClN3/c1-9-3-10(2)5-12(4-9)20-14(7-17)19-13-6-11(16)8-18-15(13)20/h3-6,8H,7H2,1-2H3. The zero-order chi connectivity index (χ0) is 14.3. The molecule has 0 saturated heterocycles. The van der Waals surface area contributed by atoms with E-state index >= 15 is 0 Å². The van der Waals surface area contributed by atoms with E-state index in [4.69, 9.17) is 11.6 Å². The molecule has 0 atom stereocenters. The summed E-state index contributed by atoms with van der Waals surface area (Å²) in [6, 6.07) is 8.34. The molecule has 0 aliphatic heterocycles. The molecule has 0 radical (unpaired) electrons. The highest BCUT2D eigenvalue weighted by molar-refractivity contribution is 9.10. The monoisotopic (exact) mass is 349 g/mol. The van der Waals surface area contributed by atoms with Gasteiger partial charge >= 0.3 is 0 Å². The van der Waals surface area contributed by atoms with Gasteiger partial charge in [-0.1, -0.05) is 6.07 Å². The molecule has 3 aromatic rings. The zero-order valence-electron chi connectivity index (χ0n) is 11.2. The maximum absolute atomic E-state index is 6.05. The molecule has 2 aromatic heterocycles. The molecule has 0 aliphatic carbocycles. The van der Waals surface area contributed by atoms with E-state index in [0.29, 0.717) is 5.88 Å². The molecule has 0 unspecified atom stereocenters. The Morgan fingerprint density at radius 2 is 1.85 bits per heavy atom. The molecule has 3 rings (SSSR count). The summed E-state index contributed by atoms with van der Waals surface area (Å²) in [6.07, 6.45) is 1.78. The molecule has 0 spiro atoms. The number of aromatic nitrogens is 3. The van der Waals surface area contributed by atoms with Crippen LogP contribution < -0.4 is 0 Å². The Bertz CT molecular complexity index is 775. The first kappa shape index (κ1) is 13.6. The van der Waals surface area contributed by atoms with Crippen LogP contribution in [0, 0.1) is 13.8 Å². The van der Waals surface area contributed by atoms with E-state index in [0.717, 1.165) is 27.1 Å². The van der Waals surface area contributed by atoms with Crippen LogP contribution >= 0.6 is 27.5 Å². The number of alkyl halides is 1. The van der Waals surface area contributed by atoms with Crippen LogP contribution in [-0.2, 0) is 5.88 Å². The quantitative estimate of drug-likeness (QED) is 0.635. The Kier molecular flexibility index (Phi) is 3.52. The van der Waals surface area contributed by atoms with Crippen molar-refractivity contribution < 1.29 is 0 Å².